The van der Waals surface area contributed by atoms with Gasteiger partial charge in [-0.2, -0.15) is 0 Å². The fourth-order valence-corrected chi connectivity index (χ4v) is 4.03. The molecule has 1 saturated heterocycles. The van der Waals surface area contributed by atoms with Crippen LogP contribution in [0.2, 0.25) is 0 Å². The molecule has 3 aromatic carbocycles. The molecule has 1 fully saturated rings. The summed E-state index contributed by atoms with van der Waals surface area (Å²) in [6.07, 6.45) is 3.08. The van der Waals surface area contributed by atoms with E-state index in [1.54, 1.807) is 12.1 Å². The topological polar surface area (TPSA) is 79.3 Å². The van der Waals surface area contributed by atoms with Gasteiger partial charge in [-0.3, -0.25) is 0 Å². The van der Waals surface area contributed by atoms with Gasteiger partial charge in [0.2, 0.25) is 0 Å². The van der Waals surface area contributed by atoms with E-state index in [0.29, 0.717) is 30.3 Å². The first-order valence-corrected chi connectivity index (χ1v) is 11.5. The smallest absolute Gasteiger partial charge is 0.141 e. The molecule has 0 amide bonds. The summed E-state index contributed by atoms with van der Waals surface area (Å²) in [5.41, 5.74) is 2.33. The quantitative estimate of drug-likeness (QED) is 0.363. The molecule has 4 aromatic rings. The first-order chi connectivity index (χ1) is 17.0. The lowest BCUT2D eigenvalue weighted by molar-refractivity contribution is 0.0736. The number of benzene rings is 3. The number of anilines is 2. The summed E-state index contributed by atoms with van der Waals surface area (Å²) in [6.45, 7) is 3.33. The number of aryl methyl sites for hydroxylation is 1. The van der Waals surface area contributed by atoms with Crippen molar-refractivity contribution in [3.8, 4) is 23.3 Å². The fourth-order valence-electron chi connectivity index (χ4n) is 4.03. The lowest BCUT2D eigenvalue weighted by Gasteiger charge is -2.27. The van der Waals surface area contributed by atoms with Crippen LogP contribution in [0.4, 0.5) is 15.9 Å². The van der Waals surface area contributed by atoms with Gasteiger partial charge in [0, 0.05) is 23.2 Å². The highest BCUT2D eigenvalue weighted by Crippen LogP contribution is 2.30. The minimum atomic E-state index is -1.00. The van der Waals surface area contributed by atoms with Crippen LogP contribution in [0.5, 0.6) is 11.5 Å². The summed E-state index contributed by atoms with van der Waals surface area (Å²) in [7, 11) is 0. The number of piperidine rings is 1. The Morgan fingerprint density at radius 2 is 1.94 bits per heavy atom. The number of nitrogens with one attached hydrogen (secondary N) is 2. The number of hydrogen-bond acceptors (Lipinski definition) is 6. The molecule has 7 heteroatoms. The Labute approximate surface area is 203 Å². The van der Waals surface area contributed by atoms with E-state index in [2.05, 4.69) is 32.4 Å². The van der Waals surface area contributed by atoms with Crippen molar-refractivity contribution in [3.63, 3.8) is 0 Å². The van der Waals surface area contributed by atoms with Gasteiger partial charge in [0.15, 0.2) is 0 Å². The van der Waals surface area contributed by atoms with Gasteiger partial charge in [0.05, 0.1) is 5.52 Å². The van der Waals surface area contributed by atoms with Crippen LogP contribution >= 0.6 is 0 Å². The highest BCUT2D eigenvalue weighted by molar-refractivity contribution is 5.91. The molecule has 1 atom stereocenters. The molecule has 0 aliphatic carbocycles. The summed E-state index contributed by atoms with van der Waals surface area (Å²) < 4.78 is 19.0. The summed E-state index contributed by atoms with van der Waals surface area (Å²) in [5, 5.41) is 18.0. The van der Waals surface area contributed by atoms with Crippen molar-refractivity contribution in [2.24, 2.45) is 0 Å². The Morgan fingerprint density at radius 1 is 1.09 bits per heavy atom. The van der Waals surface area contributed by atoms with E-state index in [-0.39, 0.29) is 5.82 Å². The van der Waals surface area contributed by atoms with Gasteiger partial charge in [0.1, 0.15) is 35.1 Å². The van der Waals surface area contributed by atoms with Crippen LogP contribution < -0.4 is 15.4 Å². The maximum Gasteiger partial charge on any atom is 0.141 e. The number of aliphatic hydroxyl groups is 1. The van der Waals surface area contributed by atoms with Gasteiger partial charge in [-0.05, 0) is 92.5 Å². The van der Waals surface area contributed by atoms with Crippen molar-refractivity contribution in [2.45, 2.75) is 25.4 Å². The van der Waals surface area contributed by atoms with Gasteiger partial charge in [-0.25, -0.2) is 14.4 Å². The highest BCUT2D eigenvalue weighted by Gasteiger charge is 2.26. The normalized spacial score (nSPS) is 17.5. The Balaban J connectivity index is 1.38. The van der Waals surface area contributed by atoms with Crippen molar-refractivity contribution < 1.29 is 14.2 Å². The molecule has 1 aliphatic heterocycles. The minimum absolute atomic E-state index is 0.304. The third kappa shape index (κ3) is 5.40. The average Bonchev–Trinajstić information content (AvgIpc) is 2.86. The Kier molecular flexibility index (Phi) is 6.32. The maximum absolute atomic E-state index is 13.2. The van der Waals surface area contributed by atoms with E-state index < -0.39 is 5.60 Å². The molecular formula is C28H25FN4O2. The number of fused-ring (bicyclic) bond motifs is 1. The lowest BCUT2D eigenvalue weighted by Crippen LogP contribution is -2.44. The predicted molar refractivity (Wildman–Crippen MR) is 134 cm³/mol. The zero-order valence-corrected chi connectivity index (χ0v) is 19.3. The van der Waals surface area contributed by atoms with E-state index >= 15 is 0 Å². The minimum Gasteiger partial charge on any atom is -0.457 e. The third-order valence-electron chi connectivity index (χ3n) is 5.92. The summed E-state index contributed by atoms with van der Waals surface area (Å²) >= 11 is 0. The van der Waals surface area contributed by atoms with Gasteiger partial charge >= 0.3 is 0 Å². The van der Waals surface area contributed by atoms with Crippen molar-refractivity contribution >= 4 is 22.4 Å². The number of aromatic nitrogens is 2. The molecule has 1 unspecified atom stereocenters. The highest BCUT2D eigenvalue weighted by atomic mass is 19.1. The van der Waals surface area contributed by atoms with Gasteiger partial charge in [-0.15, -0.1) is 0 Å². The van der Waals surface area contributed by atoms with Gasteiger partial charge in [-0.1, -0.05) is 11.8 Å². The predicted octanol–water partition coefficient (Wildman–Crippen LogP) is 5.08. The SMILES string of the molecule is Cc1cc(Nc2ncnc3ccc(C#CC4(O)CCCNC4)cc23)ccc1Oc1ccc(F)cc1. The molecule has 6 nitrogen and oxygen atoms in total. The number of ether oxygens (including phenoxy) is 1. The molecule has 1 aromatic heterocycles. The van der Waals surface area contributed by atoms with Crippen molar-refractivity contribution in [3.05, 3.63) is 83.9 Å². The Morgan fingerprint density at radius 3 is 2.71 bits per heavy atom. The fraction of sp³-hybridized carbons (Fsp3) is 0.214. The monoisotopic (exact) mass is 468 g/mol. The van der Waals surface area contributed by atoms with Crippen LogP contribution in [0, 0.1) is 24.6 Å². The second-order valence-electron chi connectivity index (χ2n) is 8.68. The third-order valence-corrected chi connectivity index (χ3v) is 5.92. The average molecular weight is 469 g/mol. The lowest BCUT2D eigenvalue weighted by atomic mass is 9.94. The van der Waals surface area contributed by atoms with Crippen LogP contribution in [-0.2, 0) is 0 Å². The van der Waals surface area contributed by atoms with E-state index in [1.165, 1.54) is 18.5 Å². The van der Waals surface area contributed by atoms with Crippen LogP contribution in [0.25, 0.3) is 10.9 Å². The Bertz CT molecular complexity index is 1420. The molecule has 35 heavy (non-hydrogen) atoms. The Hall–Kier alpha value is -3.99. The number of β-amino-alcohol motifs (C(OH)–C–C–N with tert-alkyl or cyclic N) is 1. The van der Waals surface area contributed by atoms with Crippen molar-refractivity contribution in [2.75, 3.05) is 18.4 Å². The summed E-state index contributed by atoms with van der Waals surface area (Å²) in [4.78, 5) is 8.81. The van der Waals surface area contributed by atoms with E-state index in [9.17, 15) is 9.50 Å². The van der Waals surface area contributed by atoms with Crippen LogP contribution in [0.3, 0.4) is 0 Å². The second kappa shape index (κ2) is 9.71. The van der Waals surface area contributed by atoms with Crippen LogP contribution in [-0.4, -0.2) is 33.8 Å². The van der Waals surface area contributed by atoms with Gasteiger partial charge < -0.3 is 20.5 Å². The van der Waals surface area contributed by atoms with E-state index in [4.69, 9.17) is 4.74 Å². The summed E-state index contributed by atoms with van der Waals surface area (Å²) in [6, 6.07) is 17.4. The molecule has 0 bridgehead atoms. The molecular weight excluding hydrogens is 443 g/mol. The molecule has 176 valence electrons. The zero-order valence-electron chi connectivity index (χ0n) is 19.3. The number of hydrogen-bond donors (Lipinski definition) is 3. The molecule has 0 spiro atoms. The zero-order chi connectivity index (χ0) is 24.3. The largest absolute Gasteiger partial charge is 0.457 e. The standard InChI is InChI=1S/C28H25FN4O2/c1-19-15-22(6-10-26(19)35-23-7-4-21(29)5-8-23)33-27-24-16-20(3-9-25(24)31-18-32-27)11-13-28(34)12-2-14-30-17-28/h3-10,15-16,18,30,34H,2,12,14,17H2,1H3,(H,31,32,33). The number of halogens is 1. The molecule has 0 radical (unpaired) electrons. The number of rotatable bonds is 4. The van der Waals surface area contributed by atoms with Crippen LogP contribution in [0.15, 0.2) is 67.0 Å². The number of nitrogens with zero attached hydrogens (tertiary/aromatic N) is 2. The molecule has 0 saturated carbocycles. The molecule has 1 aliphatic rings. The van der Waals surface area contributed by atoms with E-state index in [0.717, 1.165) is 40.7 Å². The van der Waals surface area contributed by atoms with Gasteiger partial charge in [0.25, 0.3) is 0 Å². The first-order valence-electron chi connectivity index (χ1n) is 11.5. The molecule has 3 N–H and O–H groups in total. The van der Waals surface area contributed by atoms with Crippen molar-refractivity contribution in [1.82, 2.24) is 15.3 Å². The van der Waals surface area contributed by atoms with Crippen molar-refractivity contribution in [1.29, 1.82) is 0 Å². The maximum atomic E-state index is 13.2. The second-order valence-corrected chi connectivity index (χ2v) is 8.68. The first kappa shape index (κ1) is 22.8. The molecule has 2 heterocycles. The van der Waals surface area contributed by atoms with E-state index in [1.807, 2.05) is 43.3 Å². The summed E-state index contributed by atoms with van der Waals surface area (Å²) in [5.74, 6) is 7.75. The molecule has 5 rings (SSSR count). The van der Waals surface area contributed by atoms with Crippen LogP contribution in [0.1, 0.15) is 24.0 Å².